The molecular formula is C19H22N2. The molecule has 0 saturated heterocycles. The van der Waals surface area contributed by atoms with Crippen molar-refractivity contribution in [1.82, 2.24) is 9.55 Å². The number of aromatic nitrogens is 2. The van der Waals surface area contributed by atoms with E-state index in [-0.39, 0.29) is 5.41 Å². The molecule has 2 heteroatoms. The molecule has 0 saturated carbocycles. The molecular weight excluding hydrogens is 256 g/mol. The second-order valence-electron chi connectivity index (χ2n) is 6.83. The van der Waals surface area contributed by atoms with Crippen LogP contribution >= 0.6 is 0 Å². The monoisotopic (exact) mass is 278 g/mol. The second kappa shape index (κ2) is 5.36. The van der Waals surface area contributed by atoms with Crippen LogP contribution in [0.25, 0.3) is 11.0 Å². The Balaban J connectivity index is 2.07. The Labute approximate surface area is 126 Å². The standard InChI is InChI=1S/C19H22N2/c1-19(2,3)13-18-20-16-11-7-8-12-17(16)21(18)14-15-9-5-4-6-10-15/h4-12H,13-14H2,1-3H3. The van der Waals surface area contributed by atoms with Crippen LogP contribution < -0.4 is 0 Å². The van der Waals surface area contributed by atoms with Gasteiger partial charge in [-0.25, -0.2) is 4.98 Å². The van der Waals surface area contributed by atoms with Crippen LogP contribution in [0.2, 0.25) is 0 Å². The molecule has 0 aliphatic rings. The van der Waals surface area contributed by atoms with Crippen molar-refractivity contribution in [3.63, 3.8) is 0 Å². The van der Waals surface area contributed by atoms with Crippen LogP contribution in [0.15, 0.2) is 54.6 Å². The molecule has 1 heterocycles. The molecule has 0 radical (unpaired) electrons. The van der Waals surface area contributed by atoms with E-state index in [1.165, 1.54) is 16.9 Å². The van der Waals surface area contributed by atoms with Crippen molar-refractivity contribution in [1.29, 1.82) is 0 Å². The first-order valence-corrected chi connectivity index (χ1v) is 7.51. The first-order valence-electron chi connectivity index (χ1n) is 7.51. The molecule has 3 rings (SSSR count). The van der Waals surface area contributed by atoms with Crippen molar-refractivity contribution in [3.05, 3.63) is 66.0 Å². The van der Waals surface area contributed by atoms with Gasteiger partial charge < -0.3 is 4.57 Å². The summed E-state index contributed by atoms with van der Waals surface area (Å²) in [4.78, 5) is 4.86. The van der Waals surface area contributed by atoms with Gasteiger partial charge in [0.25, 0.3) is 0 Å². The van der Waals surface area contributed by atoms with Crippen LogP contribution in [-0.2, 0) is 13.0 Å². The van der Waals surface area contributed by atoms with Crippen molar-refractivity contribution in [2.24, 2.45) is 5.41 Å². The Kier molecular flexibility index (Phi) is 3.54. The van der Waals surface area contributed by atoms with Gasteiger partial charge in [-0.1, -0.05) is 63.2 Å². The molecule has 0 bridgehead atoms. The van der Waals surface area contributed by atoms with Crippen molar-refractivity contribution in [2.45, 2.75) is 33.7 Å². The maximum absolute atomic E-state index is 4.86. The zero-order valence-corrected chi connectivity index (χ0v) is 13.0. The third kappa shape index (κ3) is 3.15. The number of nitrogens with zero attached hydrogens (tertiary/aromatic N) is 2. The number of rotatable bonds is 3. The first-order chi connectivity index (χ1) is 10.0. The fourth-order valence-electron chi connectivity index (χ4n) is 2.68. The van der Waals surface area contributed by atoms with Crippen molar-refractivity contribution >= 4 is 11.0 Å². The van der Waals surface area contributed by atoms with Gasteiger partial charge in [0.15, 0.2) is 0 Å². The van der Waals surface area contributed by atoms with E-state index in [0.717, 1.165) is 18.5 Å². The summed E-state index contributed by atoms with van der Waals surface area (Å²) in [5, 5.41) is 0. The minimum Gasteiger partial charge on any atom is -0.323 e. The van der Waals surface area contributed by atoms with Gasteiger partial charge >= 0.3 is 0 Å². The Morgan fingerprint density at radius 2 is 1.57 bits per heavy atom. The van der Waals surface area contributed by atoms with Gasteiger partial charge in [0.1, 0.15) is 5.82 Å². The smallest absolute Gasteiger partial charge is 0.110 e. The number of hydrogen-bond acceptors (Lipinski definition) is 1. The van der Waals surface area contributed by atoms with Crippen LogP contribution in [0.5, 0.6) is 0 Å². The van der Waals surface area contributed by atoms with E-state index in [1.807, 2.05) is 0 Å². The van der Waals surface area contributed by atoms with Crippen LogP contribution in [0.4, 0.5) is 0 Å². The summed E-state index contributed by atoms with van der Waals surface area (Å²) < 4.78 is 2.36. The summed E-state index contributed by atoms with van der Waals surface area (Å²) in [6.45, 7) is 7.67. The van der Waals surface area contributed by atoms with E-state index < -0.39 is 0 Å². The minimum absolute atomic E-state index is 0.232. The Morgan fingerprint density at radius 3 is 2.29 bits per heavy atom. The highest BCUT2D eigenvalue weighted by molar-refractivity contribution is 5.76. The van der Waals surface area contributed by atoms with E-state index >= 15 is 0 Å². The molecule has 0 fully saturated rings. The molecule has 0 aliphatic carbocycles. The quantitative estimate of drug-likeness (QED) is 0.680. The largest absolute Gasteiger partial charge is 0.323 e. The lowest BCUT2D eigenvalue weighted by Crippen LogP contribution is -2.15. The fourth-order valence-corrected chi connectivity index (χ4v) is 2.68. The Bertz CT molecular complexity index is 733. The fraction of sp³-hybridized carbons (Fsp3) is 0.316. The summed E-state index contributed by atoms with van der Waals surface area (Å²) in [5.74, 6) is 1.17. The van der Waals surface area contributed by atoms with Crippen molar-refractivity contribution in [3.8, 4) is 0 Å². The van der Waals surface area contributed by atoms with Crippen LogP contribution in [0, 0.1) is 5.41 Å². The maximum atomic E-state index is 4.86. The number of hydrogen-bond donors (Lipinski definition) is 0. The summed E-state index contributed by atoms with van der Waals surface area (Å²) in [6.07, 6.45) is 0.981. The predicted molar refractivity (Wildman–Crippen MR) is 88.4 cm³/mol. The highest BCUT2D eigenvalue weighted by Crippen LogP contribution is 2.24. The molecule has 0 unspecified atom stereocenters. The van der Waals surface area contributed by atoms with Gasteiger partial charge in [0.2, 0.25) is 0 Å². The Morgan fingerprint density at radius 1 is 0.905 bits per heavy atom. The van der Waals surface area contributed by atoms with Crippen LogP contribution in [-0.4, -0.2) is 9.55 Å². The minimum atomic E-state index is 0.232. The highest BCUT2D eigenvalue weighted by atomic mass is 15.1. The lowest BCUT2D eigenvalue weighted by molar-refractivity contribution is 0.394. The molecule has 0 amide bonds. The van der Waals surface area contributed by atoms with Gasteiger partial charge in [-0.05, 0) is 23.1 Å². The highest BCUT2D eigenvalue weighted by Gasteiger charge is 2.18. The van der Waals surface area contributed by atoms with Gasteiger partial charge in [0.05, 0.1) is 11.0 Å². The van der Waals surface area contributed by atoms with E-state index in [0.29, 0.717) is 0 Å². The number of para-hydroxylation sites is 2. The first kappa shape index (κ1) is 13.9. The van der Waals surface area contributed by atoms with Crippen molar-refractivity contribution < 1.29 is 0 Å². The maximum Gasteiger partial charge on any atom is 0.110 e. The van der Waals surface area contributed by atoms with Crippen molar-refractivity contribution in [2.75, 3.05) is 0 Å². The molecule has 108 valence electrons. The van der Waals surface area contributed by atoms with E-state index in [9.17, 15) is 0 Å². The lowest BCUT2D eigenvalue weighted by atomic mass is 9.92. The molecule has 0 atom stereocenters. The molecule has 0 N–H and O–H groups in total. The summed E-state index contributed by atoms with van der Waals surface area (Å²) >= 11 is 0. The SMILES string of the molecule is CC(C)(C)Cc1nc2ccccc2n1Cc1ccccc1. The topological polar surface area (TPSA) is 17.8 Å². The molecule has 2 aromatic carbocycles. The van der Waals surface area contributed by atoms with Crippen LogP contribution in [0.3, 0.4) is 0 Å². The van der Waals surface area contributed by atoms with Gasteiger partial charge in [-0.2, -0.15) is 0 Å². The average Bonchev–Trinajstić information content (AvgIpc) is 2.76. The Hall–Kier alpha value is -2.09. The van der Waals surface area contributed by atoms with E-state index in [1.54, 1.807) is 0 Å². The molecule has 21 heavy (non-hydrogen) atoms. The molecule has 0 aliphatic heterocycles. The lowest BCUT2D eigenvalue weighted by Gasteiger charge is -2.19. The molecule has 1 aromatic heterocycles. The van der Waals surface area contributed by atoms with Gasteiger partial charge in [0, 0.05) is 13.0 Å². The molecule has 2 nitrogen and oxygen atoms in total. The summed E-state index contributed by atoms with van der Waals surface area (Å²) in [7, 11) is 0. The number of imidazole rings is 1. The third-order valence-electron chi connectivity index (χ3n) is 3.61. The molecule has 0 spiro atoms. The zero-order chi connectivity index (χ0) is 14.9. The van der Waals surface area contributed by atoms with Gasteiger partial charge in [-0.15, -0.1) is 0 Å². The van der Waals surface area contributed by atoms with Gasteiger partial charge in [-0.3, -0.25) is 0 Å². The summed E-state index contributed by atoms with van der Waals surface area (Å²) in [5.41, 5.74) is 3.86. The number of fused-ring (bicyclic) bond motifs is 1. The molecule has 3 aromatic rings. The van der Waals surface area contributed by atoms with Crippen LogP contribution in [0.1, 0.15) is 32.2 Å². The van der Waals surface area contributed by atoms with E-state index in [2.05, 4.69) is 79.9 Å². The predicted octanol–water partition coefficient (Wildman–Crippen LogP) is 4.67. The third-order valence-corrected chi connectivity index (χ3v) is 3.61. The summed E-state index contributed by atoms with van der Waals surface area (Å²) in [6, 6.07) is 19.0. The normalized spacial score (nSPS) is 12.0. The van der Waals surface area contributed by atoms with E-state index in [4.69, 9.17) is 4.98 Å². The zero-order valence-electron chi connectivity index (χ0n) is 13.0. The number of benzene rings is 2. The second-order valence-corrected chi connectivity index (χ2v) is 6.83. The average molecular weight is 278 g/mol.